The highest BCUT2D eigenvalue weighted by atomic mass is 32.2. The molecule has 0 aliphatic carbocycles. The first kappa shape index (κ1) is 25.3. The molecule has 3 rings (SSSR count). The summed E-state index contributed by atoms with van der Waals surface area (Å²) in [5.41, 5.74) is 1.17. The van der Waals surface area contributed by atoms with Crippen LogP contribution in [0.4, 0.5) is 5.69 Å². The van der Waals surface area contributed by atoms with E-state index in [1.54, 1.807) is 38.1 Å². The SMILES string of the molecule is CCNC(=O)c1ccc(Oc2cccc(CC(=O)O)c2)c(NS(=O)(=O)c2cccc(C)c2C#N)c1. The number of sulfonamides is 1. The molecule has 0 unspecified atom stereocenters. The molecule has 0 aromatic heterocycles. The molecule has 10 heteroatoms. The third-order valence-corrected chi connectivity index (χ3v) is 6.35. The van der Waals surface area contributed by atoms with Gasteiger partial charge in [0.05, 0.1) is 17.7 Å². The number of carbonyl (C=O) groups excluding carboxylic acids is 1. The van der Waals surface area contributed by atoms with Crippen molar-refractivity contribution in [2.24, 2.45) is 0 Å². The summed E-state index contributed by atoms with van der Waals surface area (Å²) in [6.45, 7) is 3.76. The lowest BCUT2D eigenvalue weighted by Gasteiger charge is -2.16. The summed E-state index contributed by atoms with van der Waals surface area (Å²) in [5, 5.41) is 21.2. The number of hydrogen-bond donors (Lipinski definition) is 3. The van der Waals surface area contributed by atoms with E-state index < -0.39 is 21.9 Å². The number of ether oxygens (including phenoxy) is 1. The first-order valence-corrected chi connectivity index (χ1v) is 12.1. The van der Waals surface area contributed by atoms with Crippen LogP contribution in [-0.4, -0.2) is 31.9 Å². The number of nitrogens with one attached hydrogen (secondary N) is 2. The van der Waals surface area contributed by atoms with E-state index in [0.717, 1.165) is 0 Å². The minimum Gasteiger partial charge on any atom is -0.481 e. The molecule has 3 N–H and O–H groups in total. The number of carboxylic acid groups (broad SMARTS) is 1. The first-order chi connectivity index (χ1) is 16.6. The van der Waals surface area contributed by atoms with Crippen molar-refractivity contribution >= 4 is 27.6 Å². The van der Waals surface area contributed by atoms with Crippen LogP contribution < -0.4 is 14.8 Å². The molecule has 0 saturated heterocycles. The largest absolute Gasteiger partial charge is 0.481 e. The maximum absolute atomic E-state index is 13.2. The fourth-order valence-electron chi connectivity index (χ4n) is 3.33. The Morgan fingerprint density at radius 2 is 1.83 bits per heavy atom. The molecule has 0 heterocycles. The maximum Gasteiger partial charge on any atom is 0.307 e. The standard InChI is InChI=1S/C25H23N3O6S/c1-3-27-25(31)18-10-11-22(34-19-8-5-7-17(12-19)13-24(29)30)21(14-18)28-35(32,33)23-9-4-6-16(2)20(23)15-26/h4-12,14,28H,3,13H2,1-2H3,(H,27,31)(H,29,30). The van der Waals surface area contributed by atoms with E-state index in [1.165, 1.54) is 36.4 Å². The second-order valence-corrected chi connectivity index (χ2v) is 9.21. The van der Waals surface area contributed by atoms with Gasteiger partial charge in [-0.15, -0.1) is 0 Å². The van der Waals surface area contributed by atoms with E-state index in [1.807, 2.05) is 6.07 Å². The van der Waals surface area contributed by atoms with Crippen molar-refractivity contribution in [1.82, 2.24) is 5.32 Å². The topological polar surface area (TPSA) is 146 Å². The Kier molecular flexibility index (Phi) is 7.73. The average molecular weight is 494 g/mol. The quantitative estimate of drug-likeness (QED) is 0.410. The number of aryl methyl sites for hydroxylation is 1. The summed E-state index contributed by atoms with van der Waals surface area (Å²) in [5.74, 6) is -1.05. The van der Waals surface area contributed by atoms with Crippen molar-refractivity contribution in [3.8, 4) is 17.6 Å². The number of rotatable bonds is 9. The third kappa shape index (κ3) is 6.16. The predicted molar refractivity (Wildman–Crippen MR) is 129 cm³/mol. The second-order valence-electron chi connectivity index (χ2n) is 7.56. The van der Waals surface area contributed by atoms with Crippen LogP contribution in [0, 0.1) is 18.3 Å². The summed E-state index contributed by atoms with van der Waals surface area (Å²) in [4.78, 5) is 23.2. The van der Waals surface area contributed by atoms with Crippen molar-refractivity contribution in [2.45, 2.75) is 25.2 Å². The zero-order chi connectivity index (χ0) is 25.6. The summed E-state index contributed by atoms with van der Waals surface area (Å²) in [7, 11) is -4.23. The lowest BCUT2D eigenvalue weighted by Crippen LogP contribution is -2.23. The minimum absolute atomic E-state index is 0.00345. The fraction of sp³-hybridized carbons (Fsp3) is 0.160. The fourth-order valence-corrected chi connectivity index (χ4v) is 4.62. The van der Waals surface area contributed by atoms with Crippen LogP contribution >= 0.6 is 0 Å². The van der Waals surface area contributed by atoms with Gasteiger partial charge in [0.1, 0.15) is 16.7 Å². The van der Waals surface area contributed by atoms with Crippen molar-refractivity contribution in [2.75, 3.05) is 11.3 Å². The number of nitrogens with zero attached hydrogens (tertiary/aromatic N) is 1. The number of carbonyl (C=O) groups is 2. The number of anilines is 1. The highest BCUT2D eigenvalue weighted by molar-refractivity contribution is 7.92. The molecule has 0 fully saturated rings. The van der Waals surface area contributed by atoms with Crippen LogP contribution in [0.3, 0.4) is 0 Å². The van der Waals surface area contributed by atoms with Crippen LogP contribution in [-0.2, 0) is 21.2 Å². The van der Waals surface area contributed by atoms with Gasteiger partial charge in [0.15, 0.2) is 5.75 Å². The molecule has 0 spiro atoms. The number of amides is 1. The Morgan fingerprint density at radius 1 is 1.09 bits per heavy atom. The Balaban J connectivity index is 2.05. The zero-order valence-electron chi connectivity index (χ0n) is 19.0. The van der Waals surface area contributed by atoms with E-state index in [4.69, 9.17) is 9.84 Å². The predicted octanol–water partition coefficient (Wildman–Crippen LogP) is 3.84. The van der Waals surface area contributed by atoms with E-state index in [-0.39, 0.29) is 39.6 Å². The lowest BCUT2D eigenvalue weighted by atomic mass is 10.1. The van der Waals surface area contributed by atoms with Gasteiger partial charge in [0.25, 0.3) is 15.9 Å². The van der Waals surface area contributed by atoms with Crippen LogP contribution in [0.5, 0.6) is 11.5 Å². The van der Waals surface area contributed by atoms with Gasteiger partial charge in [-0.3, -0.25) is 14.3 Å². The van der Waals surface area contributed by atoms with Gasteiger partial charge in [-0.2, -0.15) is 5.26 Å². The maximum atomic E-state index is 13.2. The molecule has 3 aromatic carbocycles. The number of nitriles is 1. The normalized spacial score (nSPS) is 10.8. The first-order valence-electron chi connectivity index (χ1n) is 10.6. The number of carboxylic acids is 1. The highest BCUT2D eigenvalue weighted by Gasteiger charge is 2.23. The number of hydrogen-bond acceptors (Lipinski definition) is 6. The molecular weight excluding hydrogens is 470 g/mol. The van der Waals surface area contributed by atoms with Gasteiger partial charge in [-0.05, 0) is 61.4 Å². The molecule has 3 aromatic rings. The summed E-state index contributed by atoms with van der Waals surface area (Å²) in [6.07, 6.45) is -0.211. The van der Waals surface area contributed by atoms with Crippen LogP contribution in [0.15, 0.2) is 65.6 Å². The molecule has 9 nitrogen and oxygen atoms in total. The van der Waals surface area contributed by atoms with Gasteiger partial charge < -0.3 is 15.2 Å². The molecule has 35 heavy (non-hydrogen) atoms. The molecule has 0 saturated carbocycles. The Bertz CT molecular complexity index is 1430. The van der Waals surface area contributed by atoms with Crippen molar-refractivity contribution in [3.63, 3.8) is 0 Å². The van der Waals surface area contributed by atoms with E-state index in [0.29, 0.717) is 17.7 Å². The van der Waals surface area contributed by atoms with Gasteiger partial charge in [-0.25, -0.2) is 8.42 Å². The van der Waals surface area contributed by atoms with Gasteiger partial charge in [0, 0.05) is 12.1 Å². The molecule has 0 aliphatic rings. The van der Waals surface area contributed by atoms with Crippen LogP contribution in [0.25, 0.3) is 0 Å². The van der Waals surface area contributed by atoms with Crippen molar-refractivity contribution < 1.29 is 27.9 Å². The molecule has 180 valence electrons. The smallest absolute Gasteiger partial charge is 0.307 e. The van der Waals surface area contributed by atoms with E-state index in [9.17, 15) is 23.3 Å². The van der Waals surface area contributed by atoms with Crippen LogP contribution in [0.2, 0.25) is 0 Å². The molecule has 0 aliphatic heterocycles. The Hall–Kier alpha value is -4.36. The molecule has 0 radical (unpaired) electrons. The van der Waals surface area contributed by atoms with Crippen molar-refractivity contribution in [3.05, 3.63) is 82.9 Å². The summed E-state index contributed by atoms with van der Waals surface area (Å²) < 4.78 is 34.8. The van der Waals surface area contributed by atoms with Crippen molar-refractivity contribution in [1.29, 1.82) is 5.26 Å². The molecule has 1 amide bonds. The second kappa shape index (κ2) is 10.7. The highest BCUT2D eigenvalue weighted by Crippen LogP contribution is 2.33. The monoisotopic (exact) mass is 493 g/mol. The molecular formula is C25H23N3O6S. The molecule has 0 atom stereocenters. The third-order valence-electron chi connectivity index (χ3n) is 4.94. The van der Waals surface area contributed by atoms with Gasteiger partial charge in [-0.1, -0.05) is 24.3 Å². The Morgan fingerprint density at radius 3 is 2.51 bits per heavy atom. The Labute approximate surface area is 203 Å². The molecule has 0 bridgehead atoms. The zero-order valence-corrected chi connectivity index (χ0v) is 19.8. The van der Waals surface area contributed by atoms with Gasteiger partial charge in [0.2, 0.25) is 0 Å². The lowest BCUT2D eigenvalue weighted by molar-refractivity contribution is -0.136. The average Bonchev–Trinajstić information content (AvgIpc) is 2.80. The summed E-state index contributed by atoms with van der Waals surface area (Å²) >= 11 is 0. The number of aliphatic carboxylic acids is 1. The van der Waals surface area contributed by atoms with E-state index in [2.05, 4.69) is 10.0 Å². The number of benzene rings is 3. The van der Waals surface area contributed by atoms with Gasteiger partial charge >= 0.3 is 5.97 Å². The van der Waals surface area contributed by atoms with Crippen LogP contribution in [0.1, 0.15) is 34.0 Å². The summed E-state index contributed by atoms with van der Waals surface area (Å²) in [6, 6.07) is 17.0. The minimum atomic E-state index is -4.23. The van der Waals surface area contributed by atoms with E-state index >= 15 is 0 Å².